The number of hydrogen-bond acceptors (Lipinski definition) is 6. The highest BCUT2D eigenvalue weighted by molar-refractivity contribution is 6.05. The Bertz CT molecular complexity index is 1930. The van der Waals surface area contributed by atoms with Crippen LogP contribution in [0.3, 0.4) is 0 Å². The van der Waals surface area contributed by atoms with E-state index >= 15 is 0 Å². The molecule has 3 aromatic carbocycles. The number of anilines is 1. The van der Waals surface area contributed by atoms with Crippen LogP contribution in [0.25, 0.3) is 5.69 Å². The average molecular weight is 687 g/mol. The predicted octanol–water partition coefficient (Wildman–Crippen LogP) is 4.43. The Kier molecular flexibility index (Phi) is 9.38. The third kappa shape index (κ3) is 7.05. The molecule has 0 saturated carbocycles. The maximum absolute atomic E-state index is 14.3. The highest BCUT2D eigenvalue weighted by Crippen LogP contribution is 2.42. The number of aromatic nitrogens is 2. The number of para-hydroxylation sites is 1. The van der Waals surface area contributed by atoms with Gasteiger partial charge in [-0.25, -0.2) is 4.68 Å². The Morgan fingerprint density at radius 3 is 2.44 bits per heavy atom. The number of likely N-dealkylation sites (tertiary alicyclic amines) is 1. The molecule has 2 atom stereocenters. The number of benzene rings is 3. The summed E-state index contributed by atoms with van der Waals surface area (Å²) in [5.74, 6) is -1.90. The summed E-state index contributed by atoms with van der Waals surface area (Å²) >= 11 is 0. The second-order valence-electron chi connectivity index (χ2n) is 12.9. The number of alkyl halides is 3. The number of carbonyl (C=O) groups excluding carboxylic acids is 3. The third-order valence-corrected chi connectivity index (χ3v) is 8.91. The Balaban J connectivity index is 1.32. The maximum atomic E-state index is 14.3. The molecule has 260 valence electrons. The summed E-state index contributed by atoms with van der Waals surface area (Å²) in [5, 5.41) is 20.2. The molecule has 0 aliphatic carbocycles. The van der Waals surface area contributed by atoms with Crippen molar-refractivity contribution in [2.45, 2.75) is 44.1 Å². The summed E-state index contributed by atoms with van der Waals surface area (Å²) in [5.41, 5.74) is 1.05. The number of rotatable bonds is 10. The van der Waals surface area contributed by atoms with Crippen molar-refractivity contribution in [3.8, 4) is 5.69 Å². The molecule has 0 radical (unpaired) electrons. The van der Waals surface area contributed by atoms with E-state index in [1.165, 1.54) is 11.0 Å². The second kappa shape index (κ2) is 13.6. The molecule has 2 aliphatic rings. The summed E-state index contributed by atoms with van der Waals surface area (Å²) in [7, 11) is 0. The first kappa shape index (κ1) is 34.6. The van der Waals surface area contributed by atoms with Crippen molar-refractivity contribution in [2.75, 3.05) is 31.1 Å². The number of hydrogen-bond donors (Lipinski definition) is 3. The summed E-state index contributed by atoms with van der Waals surface area (Å²) in [6.07, 6.45) is -3.02. The molecule has 0 spiro atoms. The number of fused-ring (bicyclic) bond motifs is 1. The fraction of sp³-hybridized carbons (Fsp3) is 0.297. The maximum Gasteiger partial charge on any atom is 0.416 e. The summed E-state index contributed by atoms with van der Waals surface area (Å²) in [4.78, 5) is 44.2. The largest absolute Gasteiger partial charge is 0.416 e. The lowest BCUT2D eigenvalue weighted by molar-refractivity contribution is -0.137. The van der Waals surface area contributed by atoms with Gasteiger partial charge in [0.15, 0.2) is 0 Å². The number of nitrogens with one attached hydrogen (secondary N) is 2. The molecule has 13 heteroatoms. The van der Waals surface area contributed by atoms with Crippen LogP contribution in [0.4, 0.5) is 19.0 Å². The first-order valence-corrected chi connectivity index (χ1v) is 16.2. The highest BCUT2D eigenvalue weighted by atomic mass is 19.4. The van der Waals surface area contributed by atoms with Gasteiger partial charge >= 0.3 is 6.18 Å². The minimum absolute atomic E-state index is 0.141. The van der Waals surface area contributed by atoms with Gasteiger partial charge in [0.1, 0.15) is 11.9 Å². The zero-order valence-corrected chi connectivity index (χ0v) is 27.6. The van der Waals surface area contributed by atoms with E-state index < -0.39 is 41.1 Å². The topological polar surface area (TPSA) is 120 Å². The van der Waals surface area contributed by atoms with Crippen LogP contribution in [-0.4, -0.2) is 75.3 Å². The van der Waals surface area contributed by atoms with Crippen LogP contribution in [0.5, 0.6) is 0 Å². The van der Waals surface area contributed by atoms with Crippen molar-refractivity contribution >= 4 is 23.5 Å². The molecule has 6 rings (SSSR count). The molecule has 0 bridgehead atoms. The van der Waals surface area contributed by atoms with E-state index in [9.17, 15) is 32.7 Å². The normalized spacial score (nSPS) is 18.6. The lowest BCUT2D eigenvalue weighted by atomic mass is 9.81. The van der Waals surface area contributed by atoms with Crippen molar-refractivity contribution in [3.05, 3.63) is 125 Å². The molecule has 4 aromatic rings. The van der Waals surface area contributed by atoms with Crippen LogP contribution in [0.2, 0.25) is 0 Å². The summed E-state index contributed by atoms with van der Waals surface area (Å²) < 4.78 is 42.1. The van der Waals surface area contributed by atoms with Crippen molar-refractivity contribution in [3.63, 3.8) is 0 Å². The number of β-amino-alcohol motifs (C(OH)–C–C–N with tert-alkyl or cyclic N) is 1. The van der Waals surface area contributed by atoms with Gasteiger partial charge in [0.25, 0.3) is 11.8 Å². The molecule has 1 aromatic heterocycles. The number of aliphatic hydroxyl groups is 1. The zero-order valence-electron chi connectivity index (χ0n) is 27.6. The number of likely N-dealkylation sites (N-methyl/N-ethyl adjacent to an activating group) is 1. The second-order valence-corrected chi connectivity index (χ2v) is 12.9. The van der Waals surface area contributed by atoms with Gasteiger partial charge in [-0.3, -0.25) is 24.2 Å². The van der Waals surface area contributed by atoms with E-state index in [4.69, 9.17) is 0 Å². The first-order valence-electron chi connectivity index (χ1n) is 16.2. The average Bonchev–Trinajstić information content (AvgIpc) is 3.51. The highest BCUT2D eigenvalue weighted by Gasteiger charge is 2.44. The van der Waals surface area contributed by atoms with Crippen LogP contribution in [0.1, 0.15) is 52.4 Å². The Morgan fingerprint density at radius 1 is 1.04 bits per heavy atom. The van der Waals surface area contributed by atoms with E-state index in [1.807, 2.05) is 47.4 Å². The van der Waals surface area contributed by atoms with E-state index in [0.717, 1.165) is 18.2 Å². The number of amides is 3. The van der Waals surface area contributed by atoms with Crippen LogP contribution >= 0.6 is 0 Å². The van der Waals surface area contributed by atoms with E-state index in [-0.39, 0.29) is 24.6 Å². The molecular formula is C37H37F3N6O4. The van der Waals surface area contributed by atoms with Gasteiger partial charge in [0.2, 0.25) is 5.91 Å². The molecule has 2 aliphatic heterocycles. The van der Waals surface area contributed by atoms with Crippen molar-refractivity contribution in [1.29, 1.82) is 0 Å². The number of nitrogens with zero attached hydrogens (tertiary/aromatic N) is 4. The minimum Gasteiger partial charge on any atom is -0.388 e. The molecule has 3 N–H and O–H groups in total. The van der Waals surface area contributed by atoms with Gasteiger partial charge in [-0.1, -0.05) is 55.1 Å². The zero-order chi connectivity index (χ0) is 35.8. The Morgan fingerprint density at radius 2 is 1.76 bits per heavy atom. The van der Waals surface area contributed by atoms with Crippen molar-refractivity contribution in [1.82, 2.24) is 25.3 Å². The van der Waals surface area contributed by atoms with Crippen LogP contribution in [-0.2, 0) is 22.3 Å². The standard InChI is InChI=1S/C37H37F3N6O4/c1-4-45-34-29(19-42-46(34)28-14-6-5-7-15-28)30(31(35(45)49)43-33(48)26-12-9-13-27(17-26)37(38,39)40)25-11-8-10-24(16-25)18-41-32(47)23(2)20-44-21-36(3,50)22-44/h5-17,19,30-31,50H,2,4,18,20-22H2,1,3H3,(H,41,47)(H,43,48)/t30-,31+/m1/s1. The van der Waals surface area contributed by atoms with Crippen LogP contribution < -0.4 is 15.5 Å². The van der Waals surface area contributed by atoms with Crippen LogP contribution in [0, 0.1) is 0 Å². The van der Waals surface area contributed by atoms with Gasteiger partial charge in [-0.2, -0.15) is 18.3 Å². The molecule has 3 heterocycles. The third-order valence-electron chi connectivity index (χ3n) is 8.91. The quantitative estimate of drug-likeness (QED) is 0.213. The van der Waals surface area contributed by atoms with Gasteiger partial charge in [0, 0.05) is 55.3 Å². The fourth-order valence-corrected chi connectivity index (χ4v) is 6.66. The Labute approximate surface area is 287 Å². The van der Waals surface area contributed by atoms with Crippen molar-refractivity contribution in [2.24, 2.45) is 0 Å². The minimum atomic E-state index is -4.66. The molecule has 10 nitrogen and oxygen atoms in total. The molecular weight excluding hydrogens is 649 g/mol. The lowest BCUT2D eigenvalue weighted by Crippen LogP contribution is -2.60. The summed E-state index contributed by atoms with van der Waals surface area (Å²) in [6.45, 7) is 9.01. The van der Waals surface area contributed by atoms with Gasteiger partial charge in [-0.05, 0) is 55.3 Å². The summed E-state index contributed by atoms with van der Waals surface area (Å²) in [6, 6.07) is 19.3. The first-order chi connectivity index (χ1) is 23.8. The fourth-order valence-electron chi connectivity index (χ4n) is 6.66. The lowest BCUT2D eigenvalue weighted by Gasteiger charge is -2.44. The monoisotopic (exact) mass is 686 g/mol. The molecule has 0 unspecified atom stereocenters. The van der Waals surface area contributed by atoms with Gasteiger partial charge in [-0.15, -0.1) is 0 Å². The predicted molar refractivity (Wildman–Crippen MR) is 181 cm³/mol. The molecule has 1 saturated heterocycles. The van der Waals surface area contributed by atoms with E-state index in [1.54, 1.807) is 36.9 Å². The number of carbonyl (C=O) groups is 3. The van der Waals surface area contributed by atoms with Gasteiger partial charge < -0.3 is 15.7 Å². The van der Waals surface area contributed by atoms with E-state index in [2.05, 4.69) is 22.3 Å². The smallest absolute Gasteiger partial charge is 0.388 e. The van der Waals surface area contributed by atoms with E-state index in [0.29, 0.717) is 53.4 Å². The molecule has 1 fully saturated rings. The van der Waals surface area contributed by atoms with Crippen LogP contribution in [0.15, 0.2) is 97.2 Å². The molecule has 3 amide bonds. The molecule has 50 heavy (non-hydrogen) atoms. The SMILES string of the molecule is C=C(CN1CC(C)(O)C1)C(=O)NCc1cccc([C@@H]2c3cnn(-c4ccccc4)c3N(CC)C(=O)[C@H]2NC(=O)c2cccc(C(F)(F)F)c2)c1. The van der Waals surface area contributed by atoms with Crippen molar-refractivity contribution < 1.29 is 32.7 Å². The Hall–Kier alpha value is -5.27. The van der Waals surface area contributed by atoms with Gasteiger partial charge in [0.05, 0.1) is 23.0 Å². The number of halogens is 3.